The largest absolute Gasteiger partial charge is 0.467 e. The van der Waals surface area contributed by atoms with E-state index in [2.05, 4.69) is 45.4 Å². The maximum atomic E-state index is 12.6. The molecule has 1 rings (SSSR count). The van der Waals surface area contributed by atoms with Gasteiger partial charge in [-0.15, -0.1) is 0 Å². The second kappa shape index (κ2) is 12.1. The summed E-state index contributed by atoms with van der Waals surface area (Å²) in [6.45, 7) is 1.15. The van der Waals surface area contributed by atoms with Crippen LogP contribution in [0.5, 0.6) is 5.75 Å². The van der Waals surface area contributed by atoms with Gasteiger partial charge in [0, 0.05) is 29.6 Å². The Labute approximate surface area is 183 Å². The zero-order chi connectivity index (χ0) is 22.8. The maximum Gasteiger partial charge on any atom is 0.329 e. The van der Waals surface area contributed by atoms with Crippen LogP contribution in [0, 0.1) is 0 Å². The van der Waals surface area contributed by atoms with E-state index in [0.29, 0.717) is 0 Å². The fraction of sp³-hybridized carbons (Fsp3) is 0.389. The first-order chi connectivity index (χ1) is 14.2. The third-order valence-corrected chi connectivity index (χ3v) is 4.37. The lowest BCUT2D eigenvalue weighted by Crippen LogP contribution is -2.43. The number of hydrogen-bond donors (Lipinski definition) is 4. The molecule has 0 saturated heterocycles. The molecule has 164 valence electrons. The smallest absolute Gasteiger partial charge is 0.329 e. The normalized spacial score (nSPS) is 12.2. The van der Waals surface area contributed by atoms with Crippen LogP contribution in [0.15, 0.2) is 18.2 Å². The summed E-state index contributed by atoms with van der Waals surface area (Å²) >= 11 is 7.98. The van der Waals surface area contributed by atoms with E-state index in [1.54, 1.807) is 0 Å². The monoisotopic (exact) mass is 458 g/mol. The first-order valence-electron chi connectivity index (χ1n) is 8.49. The summed E-state index contributed by atoms with van der Waals surface area (Å²) in [6, 6.07) is 1.58. The molecule has 12 heteroatoms. The molecule has 0 aliphatic heterocycles. The molecule has 1 aromatic carbocycles. The summed E-state index contributed by atoms with van der Waals surface area (Å²) < 4.78 is 14.1. The minimum Gasteiger partial charge on any atom is -0.467 e. The molecule has 10 nitrogen and oxygen atoms in total. The molecule has 0 heterocycles. The van der Waals surface area contributed by atoms with Gasteiger partial charge in [0.1, 0.15) is 17.8 Å². The van der Waals surface area contributed by atoms with Crippen molar-refractivity contribution in [2.75, 3.05) is 25.7 Å². The highest BCUT2D eigenvalue weighted by Crippen LogP contribution is 2.19. The van der Waals surface area contributed by atoms with Crippen LogP contribution in [-0.2, 0) is 23.9 Å². The molecule has 0 fully saturated rings. The van der Waals surface area contributed by atoms with Crippen molar-refractivity contribution in [3.63, 3.8) is 0 Å². The lowest BCUT2D eigenvalue weighted by Gasteiger charge is -2.16. The third-order valence-electron chi connectivity index (χ3n) is 3.64. The van der Waals surface area contributed by atoms with Crippen molar-refractivity contribution in [2.24, 2.45) is 0 Å². The van der Waals surface area contributed by atoms with Gasteiger partial charge in [-0.2, -0.15) is 25.3 Å². The zero-order valence-corrected chi connectivity index (χ0v) is 18.3. The van der Waals surface area contributed by atoms with Crippen LogP contribution in [0.2, 0.25) is 0 Å². The Balaban J connectivity index is 3.23. The fourth-order valence-corrected chi connectivity index (χ4v) is 2.69. The highest BCUT2D eigenvalue weighted by atomic mass is 32.1. The molecular formula is C18H22N2O8S2. The number of benzene rings is 1. The molecule has 0 spiro atoms. The average molecular weight is 459 g/mol. The van der Waals surface area contributed by atoms with Gasteiger partial charge in [-0.3, -0.25) is 14.4 Å². The highest BCUT2D eigenvalue weighted by Gasteiger charge is 2.24. The van der Waals surface area contributed by atoms with Crippen molar-refractivity contribution in [1.82, 2.24) is 10.6 Å². The fourth-order valence-electron chi connectivity index (χ4n) is 2.21. The van der Waals surface area contributed by atoms with Crippen molar-refractivity contribution in [1.29, 1.82) is 0 Å². The van der Waals surface area contributed by atoms with Crippen LogP contribution >= 0.6 is 25.3 Å². The van der Waals surface area contributed by atoms with Crippen LogP contribution in [0.1, 0.15) is 27.6 Å². The van der Waals surface area contributed by atoms with Crippen molar-refractivity contribution in [3.8, 4) is 5.75 Å². The van der Waals surface area contributed by atoms with Gasteiger partial charge in [0.25, 0.3) is 11.8 Å². The summed E-state index contributed by atoms with van der Waals surface area (Å²) in [5.74, 6) is -3.70. The molecular weight excluding hydrogens is 436 g/mol. The van der Waals surface area contributed by atoms with Gasteiger partial charge in [0.2, 0.25) is 0 Å². The minimum atomic E-state index is -1.03. The van der Waals surface area contributed by atoms with E-state index < -0.39 is 41.8 Å². The second-order valence-corrected chi connectivity index (χ2v) is 6.53. The molecule has 2 N–H and O–H groups in total. The van der Waals surface area contributed by atoms with Gasteiger partial charge in [0.05, 0.1) is 14.2 Å². The number of esters is 3. The van der Waals surface area contributed by atoms with E-state index in [1.165, 1.54) is 18.2 Å². The Kier molecular flexibility index (Phi) is 10.2. The van der Waals surface area contributed by atoms with Crippen LogP contribution in [0.25, 0.3) is 0 Å². The first kappa shape index (κ1) is 25.3. The lowest BCUT2D eigenvalue weighted by molar-refractivity contribution is -0.143. The van der Waals surface area contributed by atoms with Gasteiger partial charge in [-0.05, 0) is 18.2 Å². The lowest BCUT2D eigenvalue weighted by atomic mass is 10.1. The van der Waals surface area contributed by atoms with Crippen LogP contribution in [0.3, 0.4) is 0 Å². The standard InChI is InChI=1S/C18H22N2O8S2/c1-9(21)28-12-5-10(15(22)19-13(7-29)17(24)26-2)4-11(6-12)16(23)20-14(8-30)18(25)27-3/h4-6,13-14,29-30H,7-8H2,1-3H3,(H,19,22)(H,20,23). The highest BCUT2D eigenvalue weighted by molar-refractivity contribution is 7.80. The summed E-state index contributed by atoms with van der Waals surface area (Å²) in [6.07, 6.45) is 0. The van der Waals surface area contributed by atoms with Crippen LogP contribution in [0.4, 0.5) is 0 Å². The summed E-state index contributed by atoms with van der Waals surface area (Å²) in [7, 11) is 2.32. The predicted molar refractivity (Wildman–Crippen MR) is 112 cm³/mol. The Morgan fingerprint density at radius 3 is 1.53 bits per heavy atom. The number of ether oxygens (including phenoxy) is 3. The average Bonchev–Trinajstić information content (AvgIpc) is 2.73. The molecule has 0 aliphatic rings. The maximum absolute atomic E-state index is 12.6. The number of thiol groups is 2. The molecule has 0 saturated carbocycles. The van der Waals surface area contributed by atoms with Gasteiger partial charge >= 0.3 is 17.9 Å². The predicted octanol–water partition coefficient (Wildman–Crippen LogP) is 0.0143. The van der Waals surface area contributed by atoms with Crippen molar-refractivity contribution >= 4 is 55.0 Å². The first-order valence-corrected chi connectivity index (χ1v) is 9.75. The van der Waals surface area contributed by atoms with Crippen LogP contribution < -0.4 is 15.4 Å². The van der Waals surface area contributed by atoms with E-state index in [0.717, 1.165) is 21.1 Å². The molecule has 30 heavy (non-hydrogen) atoms. The Bertz CT molecular complexity index is 774. The van der Waals surface area contributed by atoms with E-state index in [4.69, 9.17) is 4.74 Å². The molecule has 1 aromatic rings. The van der Waals surface area contributed by atoms with Gasteiger partial charge in [0.15, 0.2) is 0 Å². The van der Waals surface area contributed by atoms with E-state index in [-0.39, 0.29) is 28.4 Å². The second-order valence-electron chi connectivity index (χ2n) is 5.80. The number of hydrogen-bond acceptors (Lipinski definition) is 10. The number of amides is 2. The number of rotatable bonds is 9. The molecule has 2 unspecified atom stereocenters. The number of carbonyl (C=O) groups is 5. The summed E-state index contributed by atoms with van der Waals surface area (Å²) in [5, 5.41) is 4.82. The summed E-state index contributed by atoms with van der Waals surface area (Å²) in [4.78, 5) is 59.8. The SMILES string of the molecule is COC(=O)C(CS)NC(=O)c1cc(OC(C)=O)cc(C(=O)NC(CS)C(=O)OC)c1. The van der Waals surface area contributed by atoms with Crippen LogP contribution in [-0.4, -0.2) is 67.5 Å². The van der Waals surface area contributed by atoms with Gasteiger partial charge in [-0.25, -0.2) is 9.59 Å². The number of nitrogens with one attached hydrogen (secondary N) is 2. The van der Waals surface area contributed by atoms with E-state index in [1.807, 2.05) is 0 Å². The van der Waals surface area contributed by atoms with E-state index >= 15 is 0 Å². The number of methoxy groups -OCH3 is 2. The molecule has 0 bridgehead atoms. The number of carbonyl (C=O) groups excluding carboxylic acids is 5. The Hall–Kier alpha value is -2.73. The topological polar surface area (TPSA) is 137 Å². The quantitative estimate of drug-likeness (QED) is 0.231. The molecule has 0 aliphatic carbocycles. The van der Waals surface area contributed by atoms with E-state index in [9.17, 15) is 24.0 Å². The zero-order valence-electron chi connectivity index (χ0n) is 16.5. The third kappa shape index (κ3) is 7.26. The molecule has 2 atom stereocenters. The molecule has 2 amide bonds. The minimum absolute atomic E-state index is 0.0296. The van der Waals surface area contributed by atoms with Crippen molar-refractivity contribution < 1.29 is 38.2 Å². The van der Waals surface area contributed by atoms with Gasteiger partial charge < -0.3 is 24.8 Å². The van der Waals surface area contributed by atoms with Crippen molar-refractivity contribution in [3.05, 3.63) is 29.3 Å². The molecule has 0 aromatic heterocycles. The van der Waals surface area contributed by atoms with Gasteiger partial charge in [-0.1, -0.05) is 0 Å². The summed E-state index contributed by atoms with van der Waals surface area (Å²) in [5.41, 5.74) is -0.148. The van der Waals surface area contributed by atoms with Crippen molar-refractivity contribution in [2.45, 2.75) is 19.0 Å². The Morgan fingerprint density at radius 1 is 0.833 bits per heavy atom. The molecule has 0 radical (unpaired) electrons. The Morgan fingerprint density at radius 2 is 1.23 bits per heavy atom.